The van der Waals surface area contributed by atoms with Crippen molar-refractivity contribution in [3.63, 3.8) is 0 Å². The molecule has 1 aromatic heterocycles. The molecule has 8 heteroatoms. The summed E-state index contributed by atoms with van der Waals surface area (Å²) in [5.74, 6) is 0.611. The molecule has 120 valence electrons. The standard InChI is InChI=1S/C14H17F2N3O2S/c15-12(16)10-8-11(20)19-13(18-10)22-7-1-2-14(9-17)3-5-21-6-4-14/h8,12H,1-7H2,(H,18,19,20). The fraction of sp³-hybridized carbons (Fsp3) is 0.643. The molecule has 0 atom stereocenters. The number of alkyl halides is 2. The summed E-state index contributed by atoms with van der Waals surface area (Å²) in [5, 5.41) is 9.53. The van der Waals surface area contributed by atoms with Gasteiger partial charge in [0.2, 0.25) is 0 Å². The Morgan fingerprint density at radius 2 is 2.23 bits per heavy atom. The smallest absolute Gasteiger partial charge is 0.280 e. The highest BCUT2D eigenvalue weighted by Gasteiger charge is 2.31. The van der Waals surface area contributed by atoms with Crippen LogP contribution in [0.15, 0.2) is 16.0 Å². The van der Waals surface area contributed by atoms with Crippen LogP contribution >= 0.6 is 11.8 Å². The van der Waals surface area contributed by atoms with Crippen LogP contribution in [0.5, 0.6) is 0 Å². The van der Waals surface area contributed by atoms with Gasteiger partial charge in [-0.1, -0.05) is 11.8 Å². The molecule has 2 heterocycles. The third-order valence-corrected chi connectivity index (χ3v) is 4.65. The number of hydrogen-bond donors (Lipinski definition) is 1. The van der Waals surface area contributed by atoms with Gasteiger partial charge in [-0.05, 0) is 25.7 Å². The van der Waals surface area contributed by atoms with E-state index < -0.39 is 17.7 Å². The van der Waals surface area contributed by atoms with Crippen molar-refractivity contribution in [3.8, 4) is 6.07 Å². The summed E-state index contributed by atoms with van der Waals surface area (Å²) in [6.07, 6.45) is 0.180. The maximum absolute atomic E-state index is 12.6. The van der Waals surface area contributed by atoms with Crippen LogP contribution in [0.1, 0.15) is 37.8 Å². The third-order valence-electron chi connectivity index (χ3n) is 3.69. The molecule has 5 nitrogen and oxygen atoms in total. The highest BCUT2D eigenvalue weighted by Crippen LogP contribution is 2.35. The molecule has 0 unspecified atom stereocenters. The molecular formula is C14H17F2N3O2S. The summed E-state index contributed by atoms with van der Waals surface area (Å²) in [5.41, 5.74) is -1.43. The fourth-order valence-electron chi connectivity index (χ4n) is 2.39. The Kier molecular flexibility index (Phi) is 5.91. The lowest BCUT2D eigenvalue weighted by atomic mass is 9.78. The second kappa shape index (κ2) is 7.70. The second-order valence-electron chi connectivity index (χ2n) is 5.23. The summed E-state index contributed by atoms with van der Waals surface area (Å²) in [6, 6.07) is 3.19. The molecule has 2 rings (SSSR count). The zero-order valence-corrected chi connectivity index (χ0v) is 12.8. The van der Waals surface area contributed by atoms with Gasteiger partial charge in [-0.25, -0.2) is 13.8 Å². The van der Waals surface area contributed by atoms with Gasteiger partial charge in [0.1, 0.15) is 5.69 Å². The van der Waals surface area contributed by atoms with Crippen LogP contribution in [-0.2, 0) is 4.74 Å². The second-order valence-corrected chi connectivity index (χ2v) is 6.32. The molecule has 0 aliphatic carbocycles. The first-order valence-electron chi connectivity index (χ1n) is 7.06. The molecule has 1 aliphatic heterocycles. The van der Waals surface area contributed by atoms with Crippen LogP contribution in [0.2, 0.25) is 0 Å². The molecule has 0 bridgehead atoms. The van der Waals surface area contributed by atoms with E-state index in [9.17, 15) is 18.8 Å². The lowest BCUT2D eigenvalue weighted by molar-refractivity contribution is 0.0368. The summed E-state index contributed by atoms with van der Waals surface area (Å²) in [4.78, 5) is 17.5. The zero-order valence-electron chi connectivity index (χ0n) is 12.0. The Balaban J connectivity index is 1.86. The minimum Gasteiger partial charge on any atom is -0.381 e. The van der Waals surface area contributed by atoms with Crippen molar-refractivity contribution < 1.29 is 13.5 Å². The van der Waals surface area contributed by atoms with Crippen molar-refractivity contribution in [1.82, 2.24) is 9.97 Å². The van der Waals surface area contributed by atoms with Crippen molar-refractivity contribution in [3.05, 3.63) is 22.1 Å². The van der Waals surface area contributed by atoms with E-state index in [1.807, 2.05) is 0 Å². The van der Waals surface area contributed by atoms with Crippen molar-refractivity contribution in [2.75, 3.05) is 19.0 Å². The van der Waals surface area contributed by atoms with E-state index in [0.717, 1.165) is 31.7 Å². The molecule has 22 heavy (non-hydrogen) atoms. The largest absolute Gasteiger partial charge is 0.381 e. The molecule has 1 saturated heterocycles. The predicted octanol–water partition coefficient (Wildman–Crippen LogP) is 2.90. The van der Waals surface area contributed by atoms with E-state index >= 15 is 0 Å². The van der Waals surface area contributed by atoms with Gasteiger partial charge in [-0.2, -0.15) is 5.26 Å². The summed E-state index contributed by atoms with van der Waals surface area (Å²) in [7, 11) is 0. The van der Waals surface area contributed by atoms with Gasteiger partial charge in [-0.15, -0.1) is 0 Å². The summed E-state index contributed by atoms with van der Waals surface area (Å²) < 4.78 is 30.4. The third kappa shape index (κ3) is 4.52. The molecule has 0 aromatic carbocycles. The molecule has 0 spiro atoms. The normalized spacial score (nSPS) is 17.4. The minimum absolute atomic E-state index is 0.195. The zero-order chi connectivity index (χ0) is 16.0. The molecule has 1 aliphatic rings. The Morgan fingerprint density at radius 3 is 2.86 bits per heavy atom. The number of halogens is 2. The average molecular weight is 329 g/mol. The van der Waals surface area contributed by atoms with Gasteiger partial charge >= 0.3 is 0 Å². The van der Waals surface area contributed by atoms with Crippen LogP contribution in [0.25, 0.3) is 0 Å². The van der Waals surface area contributed by atoms with Gasteiger partial charge in [0.05, 0.1) is 11.5 Å². The van der Waals surface area contributed by atoms with E-state index in [2.05, 4.69) is 16.0 Å². The topological polar surface area (TPSA) is 78.8 Å². The maximum atomic E-state index is 12.6. The fourth-order valence-corrected chi connectivity index (χ4v) is 3.22. The molecule has 1 aromatic rings. The number of ether oxygens (including phenoxy) is 1. The van der Waals surface area contributed by atoms with Crippen molar-refractivity contribution in [2.24, 2.45) is 5.41 Å². The Labute approximate surface area is 131 Å². The number of thioether (sulfide) groups is 1. The molecule has 0 radical (unpaired) electrons. The van der Waals surface area contributed by atoms with Crippen molar-refractivity contribution in [1.29, 1.82) is 5.26 Å². The summed E-state index contributed by atoms with van der Waals surface area (Å²) >= 11 is 1.22. The number of hydrogen-bond acceptors (Lipinski definition) is 5. The monoisotopic (exact) mass is 329 g/mol. The van der Waals surface area contributed by atoms with Crippen LogP contribution in [-0.4, -0.2) is 28.9 Å². The maximum Gasteiger partial charge on any atom is 0.280 e. The molecular weight excluding hydrogens is 312 g/mol. The quantitative estimate of drug-likeness (QED) is 0.493. The summed E-state index contributed by atoms with van der Waals surface area (Å²) in [6.45, 7) is 1.21. The van der Waals surface area contributed by atoms with Crippen LogP contribution in [0, 0.1) is 16.7 Å². The number of rotatable bonds is 6. The van der Waals surface area contributed by atoms with Gasteiger partial charge < -0.3 is 9.72 Å². The van der Waals surface area contributed by atoms with Gasteiger partial charge in [0, 0.05) is 25.0 Å². The number of aromatic amines is 1. The Bertz CT molecular complexity index is 594. The van der Waals surface area contributed by atoms with Crippen molar-refractivity contribution in [2.45, 2.75) is 37.3 Å². The number of aromatic nitrogens is 2. The number of nitriles is 1. The van der Waals surface area contributed by atoms with E-state index in [4.69, 9.17) is 4.74 Å². The van der Waals surface area contributed by atoms with Crippen LogP contribution < -0.4 is 5.56 Å². The average Bonchev–Trinajstić information content (AvgIpc) is 2.52. The number of nitrogens with zero attached hydrogens (tertiary/aromatic N) is 2. The highest BCUT2D eigenvalue weighted by molar-refractivity contribution is 7.99. The highest BCUT2D eigenvalue weighted by atomic mass is 32.2. The van der Waals surface area contributed by atoms with Gasteiger partial charge in [-0.3, -0.25) is 4.79 Å². The molecule has 1 fully saturated rings. The van der Waals surface area contributed by atoms with Crippen LogP contribution in [0.4, 0.5) is 8.78 Å². The van der Waals surface area contributed by atoms with Gasteiger partial charge in [0.15, 0.2) is 5.16 Å². The SMILES string of the molecule is N#CC1(CCCSc2nc(C(F)F)cc(=O)[nH]2)CCOCC1. The predicted molar refractivity (Wildman–Crippen MR) is 77.9 cm³/mol. The van der Waals surface area contributed by atoms with Crippen molar-refractivity contribution >= 4 is 11.8 Å². The Morgan fingerprint density at radius 1 is 1.50 bits per heavy atom. The molecule has 1 N–H and O–H groups in total. The lowest BCUT2D eigenvalue weighted by Crippen LogP contribution is -2.28. The minimum atomic E-state index is -2.76. The lowest BCUT2D eigenvalue weighted by Gasteiger charge is -2.30. The molecule has 0 amide bonds. The van der Waals surface area contributed by atoms with E-state index in [1.165, 1.54) is 11.8 Å². The van der Waals surface area contributed by atoms with E-state index in [0.29, 0.717) is 19.0 Å². The Hall–Kier alpha value is -1.46. The van der Waals surface area contributed by atoms with Gasteiger partial charge in [0.25, 0.3) is 12.0 Å². The van der Waals surface area contributed by atoms with E-state index in [1.54, 1.807) is 0 Å². The number of nitrogens with one attached hydrogen (secondary N) is 1. The first kappa shape index (κ1) is 16.9. The van der Waals surface area contributed by atoms with E-state index in [-0.39, 0.29) is 10.6 Å². The first-order valence-corrected chi connectivity index (χ1v) is 8.04. The number of H-pyrrole nitrogens is 1. The molecule has 0 saturated carbocycles. The van der Waals surface area contributed by atoms with Crippen LogP contribution in [0.3, 0.4) is 0 Å². The first-order chi connectivity index (χ1) is 10.5.